The second-order valence-electron chi connectivity index (χ2n) is 13.0. The predicted octanol–water partition coefficient (Wildman–Crippen LogP) is 0.994. The van der Waals surface area contributed by atoms with E-state index in [9.17, 15) is 19.2 Å². The lowest BCUT2D eigenvalue weighted by molar-refractivity contribution is -0.140. The topological polar surface area (TPSA) is 111 Å². The average molecular weight is 534 g/mol. The zero-order chi connectivity index (χ0) is 27.4. The van der Waals surface area contributed by atoms with Gasteiger partial charge in [0.2, 0.25) is 23.6 Å². The van der Waals surface area contributed by atoms with Gasteiger partial charge in [0.25, 0.3) is 0 Å². The standard InChI is InChI=1S/C28H47N5O5/c1-28(2,3)15-26(36)33-17-21-14-23(33)27(37)29-9-5-20-16-32(22-7-11-38-12-8-22)10-6-19(20)13-25(35)31(4)18-24(34)30-21/h19-23H,5-18H2,1-4H3,(H,29,37)(H,30,34)/t19-,20-,21+,23-/m0/s1. The number of fused-ring (bicyclic) bond motifs is 3. The van der Waals surface area contributed by atoms with Crippen LogP contribution in [0.3, 0.4) is 0 Å². The molecule has 4 rings (SSSR count). The molecule has 4 heterocycles. The number of likely N-dealkylation sites (tertiary alicyclic amines) is 2. The minimum absolute atomic E-state index is 0.0140. The highest BCUT2D eigenvalue weighted by molar-refractivity contribution is 5.89. The fraction of sp³-hybridized carbons (Fsp3) is 0.857. The van der Waals surface area contributed by atoms with E-state index in [0.29, 0.717) is 38.4 Å². The van der Waals surface area contributed by atoms with Crippen molar-refractivity contribution in [2.24, 2.45) is 17.3 Å². The molecule has 2 bridgehead atoms. The van der Waals surface area contributed by atoms with Crippen LogP contribution >= 0.6 is 0 Å². The number of rotatable bonds is 2. The first-order valence-corrected chi connectivity index (χ1v) is 14.4. The molecule has 4 aliphatic rings. The summed E-state index contributed by atoms with van der Waals surface area (Å²) in [7, 11) is 1.69. The van der Waals surface area contributed by atoms with Gasteiger partial charge in [-0.15, -0.1) is 0 Å². The second kappa shape index (κ2) is 12.3. The number of ether oxygens (including phenoxy) is 1. The quantitative estimate of drug-likeness (QED) is 0.548. The summed E-state index contributed by atoms with van der Waals surface area (Å²) >= 11 is 0. The van der Waals surface area contributed by atoms with E-state index in [-0.39, 0.29) is 53.5 Å². The van der Waals surface area contributed by atoms with Gasteiger partial charge in [0.05, 0.1) is 6.54 Å². The fourth-order valence-corrected chi connectivity index (χ4v) is 6.56. The molecule has 0 aromatic heterocycles. The van der Waals surface area contributed by atoms with Crippen molar-refractivity contribution in [3.8, 4) is 0 Å². The Hall–Kier alpha value is -2.20. The van der Waals surface area contributed by atoms with Crippen LogP contribution in [0.1, 0.15) is 65.7 Å². The molecule has 0 unspecified atom stereocenters. The molecule has 10 heteroatoms. The molecule has 0 saturated carbocycles. The van der Waals surface area contributed by atoms with Crippen molar-refractivity contribution in [2.45, 2.75) is 83.8 Å². The van der Waals surface area contributed by atoms with Gasteiger partial charge in [-0.3, -0.25) is 24.1 Å². The molecule has 0 aromatic rings. The Morgan fingerprint density at radius 3 is 2.47 bits per heavy atom. The molecule has 0 aliphatic carbocycles. The number of carbonyl (C=O) groups is 4. The van der Waals surface area contributed by atoms with E-state index in [1.807, 2.05) is 20.8 Å². The van der Waals surface area contributed by atoms with Crippen molar-refractivity contribution in [1.29, 1.82) is 0 Å². The van der Waals surface area contributed by atoms with Gasteiger partial charge < -0.3 is 25.2 Å². The lowest BCUT2D eigenvalue weighted by Gasteiger charge is -2.43. The number of amides is 4. The third kappa shape index (κ3) is 7.46. The summed E-state index contributed by atoms with van der Waals surface area (Å²) in [6, 6.07) is -0.400. The van der Waals surface area contributed by atoms with Gasteiger partial charge >= 0.3 is 0 Å². The van der Waals surface area contributed by atoms with Crippen molar-refractivity contribution in [2.75, 3.05) is 53.0 Å². The van der Waals surface area contributed by atoms with Crippen molar-refractivity contribution >= 4 is 23.6 Å². The van der Waals surface area contributed by atoms with Crippen LogP contribution in [0, 0.1) is 17.3 Å². The smallest absolute Gasteiger partial charge is 0.242 e. The highest BCUT2D eigenvalue weighted by Gasteiger charge is 2.41. The summed E-state index contributed by atoms with van der Waals surface area (Å²) in [5.74, 6) is 0.00400. The number of piperidine rings is 1. The molecule has 4 saturated heterocycles. The second-order valence-corrected chi connectivity index (χ2v) is 13.0. The van der Waals surface area contributed by atoms with Crippen molar-refractivity contribution in [3.05, 3.63) is 0 Å². The minimum atomic E-state index is -0.597. The normalized spacial score (nSPS) is 31.2. The molecule has 38 heavy (non-hydrogen) atoms. The van der Waals surface area contributed by atoms with Crippen molar-refractivity contribution in [3.63, 3.8) is 0 Å². The molecule has 4 amide bonds. The Kier molecular flexibility index (Phi) is 9.34. The maximum Gasteiger partial charge on any atom is 0.242 e. The van der Waals surface area contributed by atoms with Crippen LogP contribution < -0.4 is 10.6 Å². The van der Waals surface area contributed by atoms with Gasteiger partial charge in [0.1, 0.15) is 6.04 Å². The number of nitrogens with zero attached hydrogens (tertiary/aromatic N) is 3. The Labute approximate surface area is 227 Å². The largest absolute Gasteiger partial charge is 0.381 e. The molecule has 214 valence electrons. The van der Waals surface area contributed by atoms with Gasteiger partial charge in [-0.25, -0.2) is 0 Å². The van der Waals surface area contributed by atoms with Gasteiger partial charge in [0, 0.05) is 64.8 Å². The molecular formula is C28H47N5O5. The zero-order valence-corrected chi connectivity index (χ0v) is 23.7. The number of nitrogens with one attached hydrogen (secondary N) is 2. The van der Waals surface area contributed by atoms with Crippen LogP contribution in [-0.2, 0) is 23.9 Å². The molecule has 4 atom stereocenters. The van der Waals surface area contributed by atoms with Crippen LogP contribution in [-0.4, -0.2) is 109 Å². The van der Waals surface area contributed by atoms with Gasteiger partial charge in [-0.1, -0.05) is 20.8 Å². The molecule has 0 radical (unpaired) electrons. The molecule has 2 N–H and O–H groups in total. The first-order valence-electron chi connectivity index (χ1n) is 14.4. The predicted molar refractivity (Wildman–Crippen MR) is 143 cm³/mol. The van der Waals surface area contributed by atoms with Crippen LogP contribution in [0.2, 0.25) is 0 Å². The van der Waals surface area contributed by atoms with E-state index in [1.54, 1.807) is 11.9 Å². The van der Waals surface area contributed by atoms with Crippen LogP contribution in [0.25, 0.3) is 0 Å². The van der Waals surface area contributed by atoms with Gasteiger partial charge in [0.15, 0.2) is 0 Å². The molecular weight excluding hydrogens is 486 g/mol. The first kappa shape index (κ1) is 28.8. The zero-order valence-electron chi connectivity index (χ0n) is 23.7. The van der Waals surface area contributed by atoms with E-state index in [2.05, 4.69) is 15.5 Å². The third-order valence-corrected chi connectivity index (χ3v) is 8.66. The highest BCUT2D eigenvalue weighted by atomic mass is 16.5. The molecule has 4 fully saturated rings. The maximum atomic E-state index is 13.3. The Morgan fingerprint density at radius 1 is 1.03 bits per heavy atom. The summed E-state index contributed by atoms with van der Waals surface area (Å²) in [6.07, 6.45) is 4.93. The minimum Gasteiger partial charge on any atom is -0.381 e. The molecule has 10 nitrogen and oxygen atoms in total. The Bertz CT molecular complexity index is 883. The first-order chi connectivity index (χ1) is 18.0. The van der Waals surface area contributed by atoms with E-state index < -0.39 is 6.04 Å². The molecule has 4 aliphatic heterocycles. The third-order valence-electron chi connectivity index (χ3n) is 8.66. The van der Waals surface area contributed by atoms with Crippen LogP contribution in [0.15, 0.2) is 0 Å². The number of hydrogen-bond acceptors (Lipinski definition) is 6. The van der Waals surface area contributed by atoms with E-state index in [1.165, 1.54) is 4.90 Å². The van der Waals surface area contributed by atoms with Crippen LogP contribution in [0.5, 0.6) is 0 Å². The maximum absolute atomic E-state index is 13.3. The van der Waals surface area contributed by atoms with E-state index in [4.69, 9.17) is 4.74 Å². The highest BCUT2D eigenvalue weighted by Crippen LogP contribution is 2.32. The number of likely N-dealkylation sites (N-methyl/N-ethyl adjacent to an activating group) is 1. The molecule has 0 spiro atoms. The van der Waals surface area contributed by atoms with Crippen molar-refractivity contribution in [1.82, 2.24) is 25.3 Å². The number of carbonyl (C=O) groups excluding carboxylic acids is 4. The van der Waals surface area contributed by atoms with Crippen molar-refractivity contribution < 1.29 is 23.9 Å². The summed E-state index contributed by atoms with van der Waals surface area (Å²) in [4.78, 5) is 58.2. The molecule has 0 aromatic carbocycles. The summed E-state index contributed by atoms with van der Waals surface area (Å²) < 4.78 is 5.56. The van der Waals surface area contributed by atoms with E-state index in [0.717, 1.165) is 52.0 Å². The SMILES string of the molecule is CN1CC(=O)N[C@@H]2C[C@@H](C(=O)NCC[C@H]3CN(C4CCOCC4)CC[C@H]3CC1=O)N(C(=O)CC(C)(C)C)C2. The fourth-order valence-electron chi connectivity index (χ4n) is 6.56. The van der Waals surface area contributed by atoms with E-state index >= 15 is 0 Å². The Morgan fingerprint density at radius 2 is 1.76 bits per heavy atom. The van der Waals surface area contributed by atoms with Crippen LogP contribution in [0.4, 0.5) is 0 Å². The lowest BCUT2D eigenvalue weighted by Crippen LogP contribution is -2.50. The average Bonchev–Trinajstić information content (AvgIpc) is 3.27. The monoisotopic (exact) mass is 533 g/mol. The Balaban J connectivity index is 1.49. The number of hydrogen-bond donors (Lipinski definition) is 2. The van der Waals surface area contributed by atoms with Gasteiger partial charge in [-0.2, -0.15) is 0 Å². The lowest BCUT2D eigenvalue weighted by atomic mass is 9.80. The summed E-state index contributed by atoms with van der Waals surface area (Å²) in [5.41, 5.74) is -0.203. The summed E-state index contributed by atoms with van der Waals surface area (Å²) in [5, 5.41) is 6.08. The van der Waals surface area contributed by atoms with Gasteiger partial charge in [-0.05, 0) is 55.9 Å². The summed E-state index contributed by atoms with van der Waals surface area (Å²) in [6.45, 7) is 10.3.